The Labute approximate surface area is 144 Å². The van der Waals surface area contributed by atoms with E-state index >= 15 is 0 Å². The maximum absolute atomic E-state index is 5.33. The van der Waals surface area contributed by atoms with Crippen LogP contribution in [0, 0.1) is 0 Å². The van der Waals surface area contributed by atoms with Crippen LogP contribution in [0.5, 0.6) is 5.88 Å². The number of anilines is 1. The van der Waals surface area contributed by atoms with E-state index in [1.807, 2.05) is 13.2 Å². The maximum atomic E-state index is 5.33. The summed E-state index contributed by atoms with van der Waals surface area (Å²) in [7, 11) is 3.59. The zero-order chi connectivity index (χ0) is 16.9. The van der Waals surface area contributed by atoms with Gasteiger partial charge in [-0.05, 0) is 31.7 Å². The van der Waals surface area contributed by atoms with Gasteiger partial charge in [-0.25, -0.2) is 0 Å². The fourth-order valence-corrected chi connectivity index (χ4v) is 3.51. The highest BCUT2D eigenvalue weighted by Gasteiger charge is 2.24. The highest BCUT2D eigenvalue weighted by molar-refractivity contribution is 5.51. The molecule has 0 spiro atoms. The lowest BCUT2D eigenvalue weighted by Gasteiger charge is -2.36. The van der Waals surface area contributed by atoms with E-state index in [1.54, 1.807) is 11.8 Å². The minimum absolute atomic E-state index is 0.489. The predicted octanol–water partition coefficient (Wildman–Crippen LogP) is 2.94. The van der Waals surface area contributed by atoms with Crippen molar-refractivity contribution in [2.75, 3.05) is 25.5 Å². The van der Waals surface area contributed by atoms with Gasteiger partial charge in [0.1, 0.15) is 5.69 Å². The number of hydrogen-bond donors (Lipinski definition) is 1. The van der Waals surface area contributed by atoms with Crippen LogP contribution in [0.2, 0.25) is 0 Å². The second kappa shape index (κ2) is 7.71. The molecule has 5 nitrogen and oxygen atoms in total. The fourth-order valence-electron chi connectivity index (χ4n) is 3.51. The van der Waals surface area contributed by atoms with Crippen molar-refractivity contribution in [1.82, 2.24) is 14.7 Å². The Kier molecular flexibility index (Phi) is 5.41. The van der Waals surface area contributed by atoms with Crippen LogP contribution in [0.25, 0.3) is 0 Å². The molecule has 0 aliphatic carbocycles. The molecule has 0 radical (unpaired) electrons. The van der Waals surface area contributed by atoms with Gasteiger partial charge < -0.3 is 15.0 Å². The highest BCUT2D eigenvalue weighted by atomic mass is 16.5. The third-order valence-electron chi connectivity index (χ3n) is 4.87. The number of nitrogens with zero attached hydrogens (tertiary/aromatic N) is 3. The predicted molar refractivity (Wildman–Crippen MR) is 97.6 cm³/mol. The number of benzene rings is 1. The Morgan fingerprint density at radius 2 is 1.96 bits per heavy atom. The quantitative estimate of drug-likeness (QED) is 0.885. The van der Waals surface area contributed by atoms with Crippen LogP contribution in [0.1, 0.15) is 25.3 Å². The molecule has 0 saturated carbocycles. The summed E-state index contributed by atoms with van der Waals surface area (Å²) in [6, 6.07) is 11.8. The Hall–Kier alpha value is -2.01. The minimum Gasteiger partial charge on any atom is -0.478 e. The van der Waals surface area contributed by atoms with Gasteiger partial charge in [-0.2, -0.15) is 0 Å². The number of ether oxygens (including phenoxy) is 1. The zero-order valence-corrected chi connectivity index (χ0v) is 14.9. The summed E-state index contributed by atoms with van der Waals surface area (Å²) in [5, 5.41) is 7.90. The van der Waals surface area contributed by atoms with Crippen molar-refractivity contribution in [3.05, 3.63) is 42.1 Å². The second-order valence-corrected chi connectivity index (χ2v) is 6.72. The molecule has 3 rings (SSSR count). The zero-order valence-electron chi connectivity index (χ0n) is 14.9. The van der Waals surface area contributed by atoms with Gasteiger partial charge in [-0.1, -0.05) is 30.3 Å². The third kappa shape index (κ3) is 4.09. The van der Waals surface area contributed by atoms with Gasteiger partial charge in [-0.15, -0.1) is 5.10 Å². The number of nitrogens with one attached hydrogen (secondary N) is 1. The summed E-state index contributed by atoms with van der Waals surface area (Å²) >= 11 is 0. The molecule has 5 heteroatoms. The van der Waals surface area contributed by atoms with Crippen LogP contribution in [-0.4, -0.2) is 47.0 Å². The van der Waals surface area contributed by atoms with E-state index in [-0.39, 0.29) is 0 Å². The van der Waals surface area contributed by atoms with Crippen molar-refractivity contribution in [3.8, 4) is 5.88 Å². The Bertz CT molecular complexity index is 632. The summed E-state index contributed by atoms with van der Waals surface area (Å²) in [5.41, 5.74) is 2.42. The van der Waals surface area contributed by atoms with Gasteiger partial charge in [0.05, 0.1) is 13.3 Å². The lowest BCUT2D eigenvalue weighted by Crippen LogP contribution is -2.44. The van der Waals surface area contributed by atoms with Crippen molar-refractivity contribution in [3.63, 3.8) is 0 Å². The summed E-state index contributed by atoms with van der Waals surface area (Å²) in [6.45, 7) is 4.60. The molecule has 0 unspecified atom stereocenters. The molecule has 2 aromatic rings. The van der Waals surface area contributed by atoms with Crippen molar-refractivity contribution in [1.29, 1.82) is 0 Å². The van der Waals surface area contributed by atoms with E-state index in [0.717, 1.165) is 38.0 Å². The first-order chi connectivity index (χ1) is 11.7. The van der Waals surface area contributed by atoms with Crippen molar-refractivity contribution in [2.24, 2.45) is 7.05 Å². The van der Waals surface area contributed by atoms with Crippen molar-refractivity contribution < 1.29 is 4.74 Å². The van der Waals surface area contributed by atoms with E-state index in [9.17, 15) is 0 Å². The number of methoxy groups -OCH3 is 1. The topological polar surface area (TPSA) is 42.3 Å². The van der Waals surface area contributed by atoms with Gasteiger partial charge in [0.15, 0.2) is 0 Å². The molecular formula is C19H28N4O. The molecule has 1 aliphatic heterocycles. The Morgan fingerprint density at radius 3 is 2.62 bits per heavy atom. The van der Waals surface area contributed by atoms with Gasteiger partial charge in [-0.3, -0.25) is 4.68 Å². The van der Waals surface area contributed by atoms with Gasteiger partial charge >= 0.3 is 0 Å². The molecule has 1 aromatic carbocycles. The second-order valence-electron chi connectivity index (χ2n) is 6.72. The normalized spacial score (nSPS) is 17.6. The molecule has 1 atom stereocenters. The number of aryl methyl sites for hydroxylation is 1. The number of piperidine rings is 1. The first-order valence-electron chi connectivity index (χ1n) is 8.78. The smallest absolute Gasteiger partial charge is 0.256 e. The number of hydrogen-bond acceptors (Lipinski definition) is 4. The fraction of sp³-hybridized carbons (Fsp3) is 0.526. The third-order valence-corrected chi connectivity index (χ3v) is 4.87. The van der Waals surface area contributed by atoms with Crippen LogP contribution in [0.15, 0.2) is 36.5 Å². The van der Waals surface area contributed by atoms with Gasteiger partial charge in [0.2, 0.25) is 0 Å². The lowest BCUT2D eigenvalue weighted by atomic mass is 10.00. The average molecular weight is 328 g/mol. The van der Waals surface area contributed by atoms with Crippen molar-refractivity contribution in [2.45, 2.75) is 38.3 Å². The molecule has 2 heterocycles. The number of likely N-dealkylation sites (tertiary alicyclic amines) is 1. The molecule has 1 saturated heterocycles. The van der Waals surface area contributed by atoms with Gasteiger partial charge in [0, 0.05) is 32.2 Å². The van der Waals surface area contributed by atoms with E-state index in [1.165, 1.54) is 5.56 Å². The summed E-state index contributed by atoms with van der Waals surface area (Å²) in [4.78, 5) is 2.60. The molecule has 1 aromatic heterocycles. The van der Waals surface area contributed by atoms with E-state index in [0.29, 0.717) is 18.0 Å². The average Bonchev–Trinajstić information content (AvgIpc) is 2.96. The molecule has 130 valence electrons. The number of rotatable bonds is 6. The SMILES string of the molecule is COc1nn(C)cc1NC1CCN([C@@H](C)Cc2ccccc2)CC1. The van der Waals surface area contributed by atoms with E-state index < -0.39 is 0 Å². The molecule has 1 N–H and O–H groups in total. The van der Waals surface area contributed by atoms with E-state index in [4.69, 9.17) is 4.74 Å². The summed E-state index contributed by atoms with van der Waals surface area (Å²) in [6.07, 6.45) is 5.41. The molecule has 0 bridgehead atoms. The minimum atomic E-state index is 0.489. The molecule has 0 amide bonds. The molecule has 1 fully saturated rings. The number of aromatic nitrogens is 2. The largest absolute Gasteiger partial charge is 0.478 e. The first-order valence-corrected chi connectivity index (χ1v) is 8.78. The highest BCUT2D eigenvalue weighted by Crippen LogP contribution is 2.25. The summed E-state index contributed by atoms with van der Waals surface area (Å²) < 4.78 is 7.12. The lowest BCUT2D eigenvalue weighted by molar-refractivity contribution is 0.166. The van der Waals surface area contributed by atoms with Crippen LogP contribution in [0.4, 0.5) is 5.69 Å². The molecular weight excluding hydrogens is 300 g/mol. The summed E-state index contributed by atoms with van der Waals surface area (Å²) in [5.74, 6) is 0.678. The maximum Gasteiger partial charge on any atom is 0.256 e. The Balaban J connectivity index is 1.50. The first kappa shape index (κ1) is 16.8. The van der Waals surface area contributed by atoms with Crippen LogP contribution < -0.4 is 10.1 Å². The molecule has 1 aliphatic rings. The molecule has 24 heavy (non-hydrogen) atoms. The van der Waals surface area contributed by atoms with Crippen LogP contribution in [-0.2, 0) is 13.5 Å². The van der Waals surface area contributed by atoms with Gasteiger partial charge in [0.25, 0.3) is 5.88 Å². The van der Waals surface area contributed by atoms with Crippen molar-refractivity contribution >= 4 is 5.69 Å². The van der Waals surface area contributed by atoms with Crippen LogP contribution in [0.3, 0.4) is 0 Å². The monoisotopic (exact) mass is 328 g/mol. The Morgan fingerprint density at radius 1 is 1.25 bits per heavy atom. The standard InChI is InChI=1S/C19H28N4O/c1-15(13-16-7-5-4-6-8-16)23-11-9-17(10-12-23)20-18-14-22(2)21-19(18)24-3/h4-8,14-15,17,20H,9-13H2,1-3H3/t15-/m0/s1. The van der Waals surface area contributed by atoms with Crippen LogP contribution >= 0.6 is 0 Å². The van der Waals surface area contributed by atoms with E-state index in [2.05, 4.69) is 52.6 Å².